The van der Waals surface area contributed by atoms with Gasteiger partial charge in [-0.1, -0.05) is 57.0 Å². The maximum absolute atomic E-state index is 14.0. The highest BCUT2D eigenvalue weighted by atomic mass is 16.5. The number of nitrogens with zero attached hydrogens (tertiary/aromatic N) is 1. The van der Waals surface area contributed by atoms with E-state index in [-0.39, 0.29) is 30.4 Å². The highest BCUT2D eigenvalue weighted by Gasteiger charge is 2.75. The Morgan fingerprint density at radius 1 is 1.11 bits per heavy atom. The van der Waals surface area contributed by atoms with Crippen LogP contribution in [0, 0.1) is 11.8 Å². The van der Waals surface area contributed by atoms with E-state index in [9.17, 15) is 19.5 Å². The fourth-order valence-corrected chi connectivity index (χ4v) is 6.27. The molecule has 3 amide bonds. The number of ether oxygens (including phenoxy) is 1. The van der Waals surface area contributed by atoms with Gasteiger partial charge >= 0.3 is 0 Å². The van der Waals surface area contributed by atoms with Crippen LogP contribution < -0.4 is 10.6 Å². The van der Waals surface area contributed by atoms with Crippen LogP contribution in [0.5, 0.6) is 0 Å². The number of aliphatic hydroxyl groups excluding tert-OH is 1. The third kappa shape index (κ3) is 4.70. The van der Waals surface area contributed by atoms with E-state index in [0.29, 0.717) is 32.4 Å². The van der Waals surface area contributed by atoms with Crippen molar-refractivity contribution in [1.29, 1.82) is 0 Å². The fraction of sp³-hybridized carbons (Fsp3) is 0.667. The summed E-state index contributed by atoms with van der Waals surface area (Å²) in [6.45, 7) is 4.87. The minimum atomic E-state index is -1.03. The summed E-state index contributed by atoms with van der Waals surface area (Å²) in [5.41, 5.74) is -0.0620. The maximum Gasteiger partial charge on any atom is 0.245 e. The quantitative estimate of drug-likeness (QED) is 0.391. The maximum atomic E-state index is 14.0. The number of hydrogen-bond acceptors (Lipinski definition) is 5. The molecule has 3 aliphatic rings. The molecular formula is C27H39N3O5. The minimum absolute atomic E-state index is 0.177. The molecule has 0 radical (unpaired) electrons. The Hall–Kier alpha value is -2.45. The van der Waals surface area contributed by atoms with Gasteiger partial charge in [0.05, 0.1) is 30.6 Å². The lowest BCUT2D eigenvalue weighted by atomic mass is 9.70. The lowest BCUT2D eigenvalue weighted by Gasteiger charge is -2.36. The second kappa shape index (κ2) is 11.1. The SMILES string of the molecule is CCCCCNC(=O)C1N([C@@H](CO)Cc2ccccc2)C(=O)[C@@H]2[C@H](C(=O)NCCC)[C@@H]3CCC12O3. The molecule has 8 nitrogen and oxygen atoms in total. The molecule has 3 N–H and O–H groups in total. The predicted octanol–water partition coefficient (Wildman–Crippen LogP) is 1.80. The Balaban J connectivity index is 1.66. The standard InChI is InChI=1S/C27H39N3O5/c1-3-5-9-15-29-25(33)23-27-13-12-20(35-27)21(24(32)28-14-4-2)22(27)26(34)30(23)19(17-31)16-18-10-7-6-8-11-18/h6-8,10-11,19-23,31H,3-5,9,12-17H2,1-2H3,(H,28,32)(H,29,33)/t19-,20+,21-,22+,23?,27?/m1/s1. The monoisotopic (exact) mass is 485 g/mol. The number of unbranched alkanes of at least 4 members (excludes halogenated alkanes) is 2. The molecule has 0 aliphatic carbocycles. The first-order valence-electron chi connectivity index (χ1n) is 13.2. The zero-order chi connectivity index (χ0) is 25.0. The average Bonchev–Trinajstić information content (AvgIpc) is 3.51. The molecule has 192 valence electrons. The molecule has 4 rings (SSSR count). The zero-order valence-electron chi connectivity index (χ0n) is 20.9. The van der Waals surface area contributed by atoms with Gasteiger partial charge in [0.2, 0.25) is 17.7 Å². The van der Waals surface area contributed by atoms with Crippen molar-refractivity contribution in [3.8, 4) is 0 Å². The normalized spacial score (nSPS) is 29.8. The summed E-state index contributed by atoms with van der Waals surface area (Å²) < 4.78 is 6.44. The molecule has 2 unspecified atom stereocenters. The molecule has 3 saturated heterocycles. The summed E-state index contributed by atoms with van der Waals surface area (Å²) in [4.78, 5) is 42.3. The van der Waals surface area contributed by atoms with Gasteiger partial charge in [0.1, 0.15) is 11.6 Å². The van der Waals surface area contributed by atoms with E-state index >= 15 is 0 Å². The molecule has 0 saturated carbocycles. The lowest BCUT2D eigenvalue weighted by molar-refractivity contribution is -0.145. The Bertz CT molecular complexity index is 909. The van der Waals surface area contributed by atoms with Crippen molar-refractivity contribution in [2.24, 2.45) is 11.8 Å². The van der Waals surface area contributed by atoms with Gasteiger partial charge in [-0.25, -0.2) is 0 Å². The van der Waals surface area contributed by atoms with Crippen LogP contribution in [0.3, 0.4) is 0 Å². The van der Waals surface area contributed by atoms with Gasteiger partial charge in [-0.3, -0.25) is 14.4 Å². The number of benzene rings is 1. The van der Waals surface area contributed by atoms with Crippen molar-refractivity contribution in [3.63, 3.8) is 0 Å². The molecule has 1 spiro atoms. The van der Waals surface area contributed by atoms with Crippen LogP contribution in [-0.4, -0.2) is 71.2 Å². The Morgan fingerprint density at radius 2 is 1.86 bits per heavy atom. The van der Waals surface area contributed by atoms with Crippen LogP contribution in [0.1, 0.15) is 57.9 Å². The molecule has 2 bridgehead atoms. The molecular weight excluding hydrogens is 446 g/mol. The summed E-state index contributed by atoms with van der Waals surface area (Å²) in [6, 6.07) is 8.20. The average molecular weight is 486 g/mol. The van der Waals surface area contributed by atoms with Gasteiger partial charge in [-0.15, -0.1) is 0 Å². The smallest absolute Gasteiger partial charge is 0.245 e. The number of nitrogens with one attached hydrogen (secondary N) is 2. The van der Waals surface area contributed by atoms with Gasteiger partial charge in [0.25, 0.3) is 0 Å². The first-order valence-corrected chi connectivity index (χ1v) is 13.2. The van der Waals surface area contributed by atoms with Gasteiger partial charge in [-0.05, 0) is 37.7 Å². The van der Waals surface area contributed by atoms with Crippen molar-refractivity contribution in [1.82, 2.24) is 15.5 Å². The first-order chi connectivity index (χ1) is 17.0. The second-order valence-corrected chi connectivity index (χ2v) is 10.1. The van der Waals surface area contributed by atoms with Crippen LogP contribution in [0.25, 0.3) is 0 Å². The molecule has 0 aromatic heterocycles. The topological polar surface area (TPSA) is 108 Å². The third-order valence-electron chi connectivity index (χ3n) is 7.84. The molecule has 3 aliphatic heterocycles. The van der Waals surface area contributed by atoms with Crippen molar-refractivity contribution in [3.05, 3.63) is 35.9 Å². The van der Waals surface area contributed by atoms with E-state index < -0.39 is 29.5 Å². The number of carbonyl (C=O) groups excluding carboxylic acids is 3. The zero-order valence-corrected chi connectivity index (χ0v) is 20.9. The van der Waals surface area contributed by atoms with Gasteiger partial charge in [0, 0.05) is 13.1 Å². The molecule has 1 aromatic rings. The molecule has 3 fully saturated rings. The van der Waals surface area contributed by atoms with E-state index in [4.69, 9.17) is 4.74 Å². The number of hydrogen-bond donors (Lipinski definition) is 3. The second-order valence-electron chi connectivity index (χ2n) is 10.1. The van der Waals surface area contributed by atoms with Gasteiger partial charge < -0.3 is 25.4 Å². The van der Waals surface area contributed by atoms with E-state index in [1.54, 1.807) is 4.90 Å². The van der Waals surface area contributed by atoms with Crippen LogP contribution >= 0.6 is 0 Å². The summed E-state index contributed by atoms with van der Waals surface area (Å²) in [5.74, 6) is -2.01. The van der Waals surface area contributed by atoms with Gasteiger partial charge in [0.15, 0.2) is 0 Å². The fourth-order valence-electron chi connectivity index (χ4n) is 6.27. The summed E-state index contributed by atoms with van der Waals surface area (Å²) in [7, 11) is 0. The Morgan fingerprint density at radius 3 is 2.54 bits per heavy atom. The largest absolute Gasteiger partial charge is 0.394 e. The number of amides is 3. The molecule has 3 heterocycles. The van der Waals surface area contributed by atoms with E-state index in [1.165, 1.54) is 0 Å². The van der Waals surface area contributed by atoms with E-state index in [1.807, 2.05) is 37.3 Å². The Labute approximate surface area is 207 Å². The molecule has 1 aromatic carbocycles. The van der Waals surface area contributed by atoms with E-state index in [0.717, 1.165) is 31.2 Å². The molecule has 8 heteroatoms. The van der Waals surface area contributed by atoms with Crippen molar-refractivity contribution in [2.45, 2.75) is 82.6 Å². The van der Waals surface area contributed by atoms with Gasteiger partial charge in [-0.2, -0.15) is 0 Å². The van der Waals surface area contributed by atoms with Crippen LogP contribution in [0.4, 0.5) is 0 Å². The van der Waals surface area contributed by atoms with Crippen LogP contribution in [0.15, 0.2) is 30.3 Å². The first kappa shape index (κ1) is 25.6. The van der Waals surface area contributed by atoms with Crippen molar-refractivity contribution < 1.29 is 24.2 Å². The number of aliphatic hydroxyl groups is 1. The Kier molecular flexibility index (Phi) is 8.12. The summed E-state index contributed by atoms with van der Waals surface area (Å²) >= 11 is 0. The highest BCUT2D eigenvalue weighted by Crippen LogP contribution is 2.58. The summed E-state index contributed by atoms with van der Waals surface area (Å²) in [6.07, 6.45) is 4.96. The summed E-state index contributed by atoms with van der Waals surface area (Å²) in [5, 5.41) is 16.4. The number of carbonyl (C=O) groups is 3. The lowest BCUT2D eigenvalue weighted by Crippen LogP contribution is -2.58. The number of likely N-dealkylation sites (tertiary alicyclic amines) is 1. The number of fused-ring (bicyclic) bond motifs is 1. The van der Waals surface area contributed by atoms with Crippen molar-refractivity contribution in [2.75, 3.05) is 19.7 Å². The molecule has 35 heavy (non-hydrogen) atoms. The number of rotatable bonds is 12. The van der Waals surface area contributed by atoms with E-state index in [2.05, 4.69) is 17.6 Å². The highest BCUT2D eigenvalue weighted by molar-refractivity contribution is 5.99. The minimum Gasteiger partial charge on any atom is -0.394 e. The predicted molar refractivity (Wildman–Crippen MR) is 131 cm³/mol. The van der Waals surface area contributed by atoms with Crippen LogP contribution in [0.2, 0.25) is 0 Å². The molecule has 6 atom stereocenters. The third-order valence-corrected chi connectivity index (χ3v) is 7.84. The van der Waals surface area contributed by atoms with Crippen LogP contribution in [-0.2, 0) is 25.5 Å². The van der Waals surface area contributed by atoms with Crippen molar-refractivity contribution >= 4 is 17.7 Å².